The molecule has 0 amide bonds. The molecule has 3 aromatic rings. The summed E-state index contributed by atoms with van der Waals surface area (Å²) in [5.74, 6) is 0. The molecule has 0 aromatic heterocycles. The van der Waals surface area contributed by atoms with Gasteiger partial charge in [-0.15, -0.1) is 0 Å². The van der Waals surface area contributed by atoms with Gasteiger partial charge in [-0.25, -0.2) is 0 Å². The van der Waals surface area contributed by atoms with Gasteiger partial charge in [0.2, 0.25) is 0 Å². The molecule has 3 aromatic carbocycles. The lowest BCUT2D eigenvalue weighted by molar-refractivity contribution is 1.36. The normalized spacial score (nSPS) is 11.7. The molecule has 0 radical (unpaired) electrons. The van der Waals surface area contributed by atoms with Crippen LogP contribution in [0.25, 0.3) is 0 Å². The van der Waals surface area contributed by atoms with Gasteiger partial charge in [0.25, 0.3) is 0 Å². The van der Waals surface area contributed by atoms with Crippen molar-refractivity contribution in [1.82, 2.24) is 0 Å². The molecule has 6 nitrogen and oxygen atoms in total. The predicted octanol–water partition coefficient (Wildman–Crippen LogP) is 5.29. The average Bonchev–Trinajstić information content (AvgIpc) is 2.75. The number of rotatable bonds is 8. The van der Waals surface area contributed by atoms with Crippen LogP contribution in [0.3, 0.4) is 0 Å². The fourth-order valence-electron chi connectivity index (χ4n) is 2.21. The number of aliphatic imine (C=N–C) groups is 2. The van der Waals surface area contributed by atoms with Crippen LogP contribution in [-0.2, 0) is 0 Å². The smallest absolute Gasteiger partial charge is 0.0655 e. The van der Waals surface area contributed by atoms with Crippen LogP contribution in [0, 0.1) is 0 Å². The van der Waals surface area contributed by atoms with Crippen LogP contribution in [0.15, 0.2) is 105 Å². The minimum absolute atomic E-state index is 0.792. The van der Waals surface area contributed by atoms with Crippen LogP contribution in [0.4, 0.5) is 22.7 Å². The Balaban J connectivity index is 1.49. The van der Waals surface area contributed by atoms with Crippen molar-refractivity contribution in [3.8, 4) is 0 Å². The van der Waals surface area contributed by atoms with Crippen molar-refractivity contribution in [1.29, 1.82) is 0 Å². The first kappa shape index (κ1) is 18.7. The monoisotopic (exact) mass is 368 g/mol. The molecule has 28 heavy (non-hydrogen) atoms. The molecule has 3 rings (SSSR count). The lowest BCUT2D eigenvalue weighted by Gasteiger charge is -1.97. The number of anilines is 2. The highest BCUT2D eigenvalue weighted by atomic mass is 15.3. The number of hydrazone groups is 2. The summed E-state index contributed by atoms with van der Waals surface area (Å²) in [7, 11) is 0. The summed E-state index contributed by atoms with van der Waals surface area (Å²) in [5.41, 5.74) is 9.29. The van der Waals surface area contributed by atoms with Crippen molar-refractivity contribution in [2.75, 3.05) is 10.9 Å². The van der Waals surface area contributed by atoms with Crippen LogP contribution >= 0.6 is 0 Å². The van der Waals surface area contributed by atoms with Gasteiger partial charge in [-0.05, 0) is 42.5 Å². The Hall–Kier alpha value is -4.06. The second kappa shape index (κ2) is 10.8. The van der Waals surface area contributed by atoms with E-state index < -0.39 is 0 Å². The SMILES string of the molecule is C(/C=N/Nc1ccccc1)=Nc1cccc(N=C/C=N/Nc2ccccc2)c1. The summed E-state index contributed by atoms with van der Waals surface area (Å²) in [6, 6.07) is 27.0. The van der Waals surface area contributed by atoms with E-state index in [1.54, 1.807) is 24.9 Å². The fraction of sp³-hybridized carbons (Fsp3) is 0. The third-order valence-electron chi connectivity index (χ3n) is 3.49. The van der Waals surface area contributed by atoms with E-state index in [1.807, 2.05) is 84.9 Å². The Kier molecular flexibility index (Phi) is 7.24. The van der Waals surface area contributed by atoms with Crippen LogP contribution in [0.1, 0.15) is 0 Å². The number of hydrogen-bond acceptors (Lipinski definition) is 6. The zero-order chi connectivity index (χ0) is 19.3. The molecule has 0 bridgehead atoms. The topological polar surface area (TPSA) is 73.5 Å². The maximum Gasteiger partial charge on any atom is 0.0655 e. The summed E-state index contributed by atoms with van der Waals surface area (Å²) in [6.45, 7) is 0. The van der Waals surface area contributed by atoms with Crippen molar-refractivity contribution in [3.05, 3.63) is 84.9 Å². The average molecular weight is 368 g/mol. The van der Waals surface area contributed by atoms with Gasteiger partial charge in [-0.1, -0.05) is 42.5 Å². The summed E-state index contributed by atoms with van der Waals surface area (Å²) in [4.78, 5) is 8.70. The fourth-order valence-corrected chi connectivity index (χ4v) is 2.21. The third kappa shape index (κ3) is 6.68. The predicted molar refractivity (Wildman–Crippen MR) is 120 cm³/mol. The quantitative estimate of drug-likeness (QED) is 0.419. The van der Waals surface area contributed by atoms with Gasteiger partial charge >= 0.3 is 0 Å². The van der Waals surface area contributed by atoms with E-state index in [1.165, 1.54) is 0 Å². The lowest BCUT2D eigenvalue weighted by Crippen LogP contribution is -1.89. The molecule has 0 spiro atoms. The van der Waals surface area contributed by atoms with Crippen LogP contribution in [-0.4, -0.2) is 24.9 Å². The number of nitrogens with zero attached hydrogens (tertiary/aromatic N) is 4. The van der Waals surface area contributed by atoms with Crippen molar-refractivity contribution >= 4 is 47.6 Å². The number of para-hydroxylation sites is 2. The zero-order valence-corrected chi connectivity index (χ0v) is 15.2. The van der Waals surface area contributed by atoms with Gasteiger partial charge < -0.3 is 0 Å². The van der Waals surface area contributed by atoms with Crippen molar-refractivity contribution in [3.63, 3.8) is 0 Å². The lowest BCUT2D eigenvalue weighted by atomic mass is 10.3. The second-order valence-corrected chi connectivity index (χ2v) is 5.59. The summed E-state index contributed by atoms with van der Waals surface area (Å²) < 4.78 is 0. The molecule has 0 aliphatic carbocycles. The summed E-state index contributed by atoms with van der Waals surface area (Å²) in [5, 5.41) is 8.19. The van der Waals surface area contributed by atoms with E-state index in [0.29, 0.717) is 0 Å². The molecule has 0 atom stereocenters. The minimum atomic E-state index is 0.792. The second-order valence-electron chi connectivity index (χ2n) is 5.59. The number of benzene rings is 3. The molecular weight excluding hydrogens is 348 g/mol. The van der Waals surface area contributed by atoms with Crippen molar-refractivity contribution < 1.29 is 0 Å². The van der Waals surface area contributed by atoms with Crippen LogP contribution < -0.4 is 10.9 Å². The highest BCUT2D eigenvalue weighted by Crippen LogP contribution is 2.19. The van der Waals surface area contributed by atoms with E-state index in [0.717, 1.165) is 22.7 Å². The van der Waals surface area contributed by atoms with E-state index in [4.69, 9.17) is 0 Å². The largest absolute Gasteiger partial charge is 0.278 e. The molecule has 0 aliphatic rings. The van der Waals surface area contributed by atoms with E-state index in [2.05, 4.69) is 31.0 Å². The minimum Gasteiger partial charge on any atom is -0.278 e. The van der Waals surface area contributed by atoms with Gasteiger partial charge in [0.05, 0.1) is 35.2 Å². The Labute approximate surface area is 164 Å². The van der Waals surface area contributed by atoms with E-state index >= 15 is 0 Å². The highest BCUT2D eigenvalue weighted by molar-refractivity contribution is 6.17. The van der Waals surface area contributed by atoms with Gasteiger partial charge in [0.15, 0.2) is 0 Å². The third-order valence-corrected chi connectivity index (χ3v) is 3.49. The van der Waals surface area contributed by atoms with Crippen LogP contribution in [0.2, 0.25) is 0 Å². The standard InChI is InChI=1S/C22H20N6/c1-3-8-19(9-4-1)27-25-16-14-23-21-12-7-13-22(18-21)24-15-17-26-28-20-10-5-2-6-11-20/h1-18,27-28H/b23-14?,24-15?,25-16+,26-17+. The van der Waals surface area contributed by atoms with Crippen molar-refractivity contribution in [2.45, 2.75) is 0 Å². The highest BCUT2D eigenvalue weighted by Gasteiger charge is 1.91. The number of nitrogens with one attached hydrogen (secondary N) is 2. The molecule has 2 N–H and O–H groups in total. The van der Waals surface area contributed by atoms with Gasteiger partial charge in [-0.3, -0.25) is 20.8 Å². The molecule has 0 heterocycles. The maximum atomic E-state index is 4.35. The first-order valence-electron chi connectivity index (χ1n) is 8.74. The Morgan fingerprint density at radius 2 is 0.964 bits per heavy atom. The summed E-state index contributed by atoms with van der Waals surface area (Å²) >= 11 is 0. The zero-order valence-electron chi connectivity index (χ0n) is 15.2. The molecule has 0 saturated heterocycles. The molecule has 138 valence electrons. The van der Waals surface area contributed by atoms with Gasteiger partial charge in [0, 0.05) is 12.4 Å². The first-order chi connectivity index (χ1) is 13.9. The molecule has 0 saturated carbocycles. The molecular formula is C22H20N6. The number of hydrogen-bond donors (Lipinski definition) is 2. The van der Waals surface area contributed by atoms with Gasteiger partial charge in [0.1, 0.15) is 0 Å². The maximum absolute atomic E-state index is 4.35. The van der Waals surface area contributed by atoms with Gasteiger partial charge in [-0.2, -0.15) is 10.2 Å². The molecule has 0 aliphatic heterocycles. The Morgan fingerprint density at radius 3 is 1.43 bits per heavy atom. The van der Waals surface area contributed by atoms with E-state index in [9.17, 15) is 0 Å². The first-order valence-corrected chi connectivity index (χ1v) is 8.74. The van der Waals surface area contributed by atoms with E-state index in [-0.39, 0.29) is 0 Å². The molecule has 6 heteroatoms. The summed E-state index contributed by atoms with van der Waals surface area (Å²) in [6.07, 6.45) is 6.46. The molecule has 0 fully saturated rings. The van der Waals surface area contributed by atoms with Crippen LogP contribution in [0.5, 0.6) is 0 Å². The molecule has 0 unspecified atom stereocenters. The van der Waals surface area contributed by atoms with Crippen molar-refractivity contribution in [2.24, 2.45) is 20.2 Å². The Morgan fingerprint density at radius 1 is 0.500 bits per heavy atom. The Bertz CT molecular complexity index is 886.